The van der Waals surface area contributed by atoms with E-state index < -0.39 is 0 Å². The fraction of sp³-hybridized carbons (Fsp3) is 0.917. The highest BCUT2D eigenvalue weighted by Gasteiger charge is 2.36. The van der Waals surface area contributed by atoms with Crippen LogP contribution in [0.1, 0.15) is 45.4 Å². The first-order valence-corrected chi connectivity index (χ1v) is 5.92. The normalized spacial score (nSPS) is 31.3. The molecule has 2 unspecified atom stereocenters. The van der Waals surface area contributed by atoms with E-state index in [1.54, 1.807) is 0 Å². The summed E-state index contributed by atoms with van der Waals surface area (Å²) >= 11 is 0. The Bertz CT molecular complexity index is 218. The Balaban J connectivity index is 2.61. The van der Waals surface area contributed by atoms with E-state index in [9.17, 15) is 4.79 Å². The quantitative estimate of drug-likeness (QED) is 0.727. The molecular formula is C12H23NO2. The lowest BCUT2D eigenvalue weighted by Crippen LogP contribution is -2.38. The van der Waals surface area contributed by atoms with Gasteiger partial charge in [0, 0.05) is 0 Å². The summed E-state index contributed by atoms with van der Waals surface area (Å²) in [5, 5.41) is 0. The molecule has 1 aliphatic carbocycles. The molecule has 15 heavy (non-hydrogen) atoms. The molecule has 0 aromatic heterocycles. The lowest BCUT2D eigenvalue weighted by molar-refractivity contribution is -0.144. The standard InChI is InChI=1S/C12H23NO2/c1-3-10-5-4-6-12(7-10,9-13)8-11(14)15-2/h10H,3-9,13H2,1-2H3. The van der Waals surface area contributed by atoms with Gasteiger partial charge >= 0.3 is 5.97 Å². The summed E-state index contributed by atoms with van der Waals surface area (Å²) in [6, 6.07) is 0. The summed E-state index contributed by atoms with van der Waals surface area (Å²) in [4.78, 5) is 11.4. The summed E-state index contributed by atoms with van der Waals surface area (Å²) in [5.74, 6) is 0.629. The van der Waals surface area contributed by atoms with Gasteiger partial charge in [-0.1, -0.05) is 26.2 Å². The van der Waals surface area contributed by atoms with Crippen molar-refractivity contribution in [3.63, 3.8) is 0 Å². The highest BCUT2D eigenvalue weighted by atomic mass is 16.5. The van der Waals surface area contributed by atoms with Crippen LogP contribution in [0.15, 0.2) is 0 Å². The smallest absolute Gasteiger partial charge is 0.306 e. The lowest BCUT2D eigenvalue weighted by Gasteiger charge is -2.39. The predicted molar refractivity (Wildman–Crippen MR) is 60.4 cm³/mol. The fourth-order valence-electron chi connectivity index (χ4n) is 2.73. The van der Waals surface area contributed by atoms with Crippen LogP contribution in [0.2, 0.25) is 0 Å². The largest absolute Gasteiger partial charge is 0.469 e. The molecule has 0 amide bonds. The van der Waals surface area contributed by atoms with Gasteiger partial charge in [-0.25, -0.2) is 0 Å². The summed E-state index contributed by atoms with van der Waals surface area (Å²) < 4.78 is 4.75. The van der Waals surface area contributed by atoms with E-state index in [2.05, 4.69) is 6.92 Å². The second kappa shape index (κ2) is 5.50. The molecule has 0 bridgehead atoms. The van der Waals surface area contributed by atoms with Crippen LogP contribution in [-0.2, 0) is 9.53 Å². The van der Waals surface area contributed by atoms with Crippen LogP contribution in [0.25, 0.3) is 0 Å². The minimum Gasteiger partial charge on any atom is -0.469 e. The summed E-state index contributed by atoms with van der Waals surface area (Å²) in [6.45, 7) is 2.83. The summed E-state index contributed by atoms with van der Waals surface area (Å²) in [5.41, 5.74) is 5.87. The van der Waals surface area contributed by atoms with Crippen molar-refractivity contribution in [2.45, 2.75) is 45.4 Å². The zero-order valence-electron chi connectivity index (χ0n) is 9.92. The molecule has 1 fully saturated rings. The minimum atomic E-state index is -0.114. The van der Waals surface area contributed by atoms with E-state index in [0.717, 1.165) is 18.8 Å². The molecule has 3 nitrogen and oxygen atoms in total. The SMILES string of the molecule is CCC1CCCC(CN)(CC(=O)OC)C1. The Kier molecular flexibility index (Phi) is 4.58. The third-order valence-corrected chi connectivity index (χ3v) is 3.80. The summed E-state index contributed by atoms with van der Waals surface area (Å²) in [6.07, 6.45) is 6.36. The van der Waals surface area contributed by atoms with Crippen LogP contribution in [-0.4, -0.2) is 19.6 Å². The van der Waals surface area contributed by atoms with Crippen LogP contribution in [0, 0.1) is 11.3 Å². The van der Waals surface area contributed by atoms with Crippen molar-refractivity contribution >= 4 is 5.97 Å². The number of nitrogens with two attached hydrogens (primary N) is 1. The number of hydrogen-bond acceptors (Lipinski definition) is 3. The Labute approximate surface area is 92.4 Å². The molecule has 0 saturated heterocycles. The molecule has 0 spiro atoms. The predicted octanol–water partition coefficient (Wildman–Crippen LogP) is 2.09. The fourth-order valence-corrected chi connectivity index (χ4v) is 2.73. The van der Waals surface area contributed by atoms with Gasteiger partial charge in [-0.15, -0.1) is 0 Å². The lowest BCUT2D eigenvalue weighted by atomic mass is 9.67. The number of carbonyl (C=O) groups excluding carboxylic acids is 1. The molecule has 2 N–H and O–H groups in total. The Morgan fingerprint density at radius 2 is 2.33 bits per heavy atom. The van der Waals surface area contributed by atoms with Gasteiger partial charge in [0.25, 0.3) is 0 Å². The minimum absolute atomic E-state index is 0.0199. The average Bonchev–Trinajstić information content (AvgIpc) is 2.29. The van der Waals surface area contributed by atoms with Crippen LogP contribution in [0.5, 0.6) is 0 Å². The molecule has 3 heteroatoms. The van der Waals surface area contributed by atoms with Gasteiger partial charge in [-0.3, -0.25) is 4.79 Å². The van der Waals surface area contributed by atoms with Crippen LogP contribution in [0.4, 0.5) is 0 Å². The van der Waals surface area contributed by atoms with Gasteiger partial charge in [-0.2, -0.15) is 0 Å². The third-order valence-electron chi connectivity index (χ3n) is 3.80. The van der Waals surface area contributed by atoms with Gasteiger partial charge in [0.2, 0.25) is 0 Å². The van der Waals surface area contributed by atoms with Gasteiger partial charge in [-0.05, 0) is 30.7 Å². The molecule has 0 aromatic rings. The zero-order valence-corrected chi connectivity index (χ0v) is 9.92. The second-order valence-electron chi connectivity index (χ2n) is 4.83. The monoisotopic (exact) mass is 213 g/mol. The third kappa shape index (κ3) is 3.20. The van der Waals surface area contributed by atoms with Crippen LogP contribution < -0.4 is 5.73 Å². The Morgan fingerprint density at radius 1 is 1.60 bits per heavy atom. The topological polar surface area (TPSA) is 52.3 Å². The first kappa shape index (κ1) is 12.5. The maximum Gasteiger partial charge on any atom is 0.306 e. The summed E-state index contributed by atoms with van der Waals surface area (Å²) in [7, 11) is 1.45. The van der Waals surface area contributed by atoms with E-state index >= 15 is 0 Å². The molecule has 1 saturated carbocycles. The number of methoxy groups -OCH3 is 1. The van der Waals surface area contributed by atoms with Gasteiger partial charge in [0.15, 0.2) is 0 Å². The first-order valence-electron chi connectivity index (χ1n) is 5.92. The molecule has 0 heterocycles. The van der Waals surface area contributed by atoms with Crippen molar-refractivity contribution in [3.8, 4) is 0 Å². The van der Waals surface area contributed by atoms with Crippen molar-refractivity contribution in [3.05, 3.63) is 0 Å². The van der Waals surface area contributed by atoms with E-state index in [1.165, 1.54) is 26.4 Å². The molecule has 0 radical (unpaired) electrons. The number of carbonyl (C=O) groups is 1. The highest BCUT2D eigenvalue weighted by molar-refractivity contribution is 5.70. The average molecular weight is 213 g/mol. The Morgan fingerprint density at radius 3 is 2.87 bits per heavy atom. The molecule has 0 aliphatic heterocycles. The van der Waals surface area contributed by atoms with Crippen molar-refractivity contribution in [2.75, 3.05) is 13.7 Å². The maximum atomic E-state index is 11.4. The molecule has 1 rings (SSSR count). The van der Waals surface area contributed by atoms with Crippen LogP contribution >= 0.6 is 0 Å². The molecule has 2 atom stereocenters. The van der Waals surface area contributed by atoms with Crippen molar-refractivity contribution in [1.29, 1.82) is 0 Å². The van der Waals surface area contributed by atoms with E-state index in [0.29, 0.717) is 13.0 Å². The first-order chi connectivity index (χ1) is 7.15. The maximum absolute atomic E-state index is 11.4. The van der Waals surface area contributed by atoms with Gasteiger partial charge in [0.05, 0.1) is 13.5 Å². The van der Waals surface area contributed by atoms with E-state index in [1.807, 2.05) is 0 Å². The van der Waals surface area contributed by atoms with Crippen molar-refractivity contribution in [1.82, 2.24) is 0 Å². The Hall–Kier alpha value is -0.570. The van der Waals surface area contributed by atoms with Crippen LogP contribution in [0.3, 0.4) is 0 Å². The number of ether oxygens (including phenoxy) is 1. The van der Waals surface area contributed by atoms with E-state index in [4.69, 9.17) is 10.5 Å². The number of hydrogen-bond donors (Lipinski definition) is 1. The molecule has 1 aliphatic rings. The van der Waals surface area contributed by atoms with Crippen molar-refractivity contribution < 1.29 is 9.53 Å². The van der Waals surface area contributed by atoms with Crippen molar-refractivity contribution in [2.24, 2.45) is 17.1 Å². The molecular weight excluding hydrogens is 190 g/mol. The number of esters is 1. The molecule has 88 valence electrons. The zero-order chi connectivity index (χ0) is 11.3. The number of rotatable bonds is 4. The molecule has 0 aromatic carbocycles. The second-order valence-corrected chi connectivity index (χ2v) is 4.83. The van der Waals surface area contributed by atoms with Gasteiger partial charge in [0.1, 0.15) is 0 Å². The highest BCUT2D eigenvalue weighted by Crippen LogP contribution is 2.42. The van der Waals surface area contributed by atoms with Gasteiger partial charge < -0.3 is 10.5 Å². The van der Waals surface area contributed by atoms with E-state index in [-0.39, 0.29) is 11.4 Å².